The lowest BCUT2D eigenvalue weighted by Crippen LogP contribution is -2.09. The molecule has 1 nitrogen and oxygen atoms in total. The van der Waals surface area contributed by atoms with Crippen molar-refractivity contribution in [1.82, 2.24) is 0 Å². The van der Waals surface area contributed by atoms with Gasteiger partial charge < -0.3 is 5.11 Å². The van der Waals surface area contributed by atoms with E-state index in [1.165, 1.54) is 6.07 Å². The Morgan fingerprint density at radius 1 is 1.00 bits per heavy atom. The second kappa shape index (κ2) is 5.61. The molecule has 7 heteroatoms. The molecule has 0 amide bonds. The van der Waals surface area contributed by atoms with Crippen molar-refractivity contribution in [2.45, 2.75) is 12.3 Å². The molecular weight excluding hydrogens is 315 g/mol. The summed E-state index contributed by atoms with van der Waals surface area (Å²) in [6.45, 7) is 0. The highest BCUT2D eigenvalue weighted by molar-refractivity contribution is 6.30. The Morgan fingerprint density at radius 3 is 2.24 bits per heavy atom. The molecule has 2 rings (SSSR count). The molecule has 0 aliphatic heterocycles. The standard InChI is InChI=1S/C14H8ClF5O/c15-9-1-2-11(12(17)6-9)13(21)7-3-8(14(18,19)20)5-10(16)4-7/h1-6,13,21H. The number of halogens is 6. The zero-order valence-corrected chi connectivity index (χ0v) is 11.0. The van der Waals surface area contributed by atoms with Gasteiger partial charge in [0.2, 0.25) is 0 Å². The Bertz CT molecular complexity index is 669. The minimum absolute atomic E-state index is 0.0682. The molecule has 1 atom stereocenters. The molecule has 0 saturated heterocycles. The van der Waals surface area contributed by atoms with Crippen LogP contribution in [0.15, 0.2) is 36.4 Å². The highest BCUT2D eigenvalue weighted by atomic mass is 35.5. The third kappa shape index (κ3) is 3.51. The van der Waals surface area contributed by atoms with E-state index in [0.717, 1.165) is 12.1 Å². The number of aliphatic hydroxyl groups excluding tert-OH is 1. The van der Waals surface area contributed by atoms with Crippen LogP contribution in [0.2, 0.25) is 5.02 Å². The molecule has 0 aromatic heterocycles. The molecule has 112 valence electrons. The van der Waals surface area contributed by atoms with Crippen LogP contribution in [0.3, 0.4) is 0 Å². The summed E-state index contributed by atoms with van der Waals surface area (Å²) in [5, 5.41) is 10.0. The lowest BCUT2D eigenvalue weighted by atomic mass is 9.99. The molecule has 2 aromatic rings. The maximum absolute atomic E-state index is 13.7. The van der Waals surface area contributed by atoms with Crippen LogP contribution in [0.4, 0.5) is 22.0 Å². The second-order valence-electron chi connectivity index (χ2n) is 4.34. The lowest BCUT2D eigenvalue weighted by molar-refractivity contribution is -0.137. The lowest BCUT2D eigenvalue weighted by Gasteiger charge is -2.15. The molecule has 1 N–H and O–H groups in total. The quantitative estimate of drug-likeness (QED) is 0.793. The molecule has 21 heavy (non-hydrogen) atoms. The molecule has 1 unspecified atom stereocenters. The van der Waals surface area contributed by atoms with Crippen LogP contribution in [0.25, 0.3) is 0 Å². The average Bonchev–Trinajstić information content (AvgIpc) is 2.36. The van der Waals surface area contributed by atoms with E-state index in [1.807, 2.05) is 0 Å². The fourth-order valence-corrected chi connectivity index (χ4v) is 2.00. The van der Waals surface area contributed by atoms with Crippen molar-refractivity contribution in [1.29, 1.82) is 0 Å². The SMILES string of the molecule is OC(c1cc(F)cc(C(F)(F)F)c1)c1ccc(Cl)cc1F. The second-order valence-corrected chi connectivity index (χ2v) is 4.78. The summed E-state index contributed by atoms with van der Waals surface area (Å²) >= 11 is 5.55. The first kappa shape index (κ1) is 15.7. The normalized spacial score (nSPS) is 13.3. The fourth-order valence-electron chi connectivity index (χ4n) is 1.84. The number of hydrogen-bond acceptors (Lipinski definition) is 1. The first-order chi connectivity index (χ1) is 9.68. The molecule has 0 radical (unpaired) electrons. The van der Waals surface area contributed by atoms with E-state index in [-0.39, 0.29) is 10.6 Å². The molecule has 0 heterocycles. The third-order valence-electron chi connectivity index (χ3n) is 2.82. The van der Waals surface area contributed by atoms with Gasteiger partial charge in [-0.2, -0.15) is 13.2 Å². The fraction of sp³-hybridized carbons (Fsp3) is 0.143. The van der Waals surface area contributed by atoms with Crippen LogP contribution in [0.5, 0.6) is 0 Å². The largest absolute Gasteiger partial charge is 0.416 e. The van der Waals surface area contributed by atoms with Crippen molar-refractivity contribution >= 4 is 11.6 Å². The van der Waals surface area contributed by atoms with Gasteiger partial charge in [-0.25, -0.2) is 8.78 Å². The van der Waals surface area contributed by atoms with Crippen LogP contribution in [0.1, 0.15) is 22.8 Å². The topological polar surface area (TPSA) is 20.2 Å². The van der Waals surface area contributed by atoms with E-state index in [9.17, 15) is 27.1 Å². The Morgan fingerprint density at radius 2 is 1.67 bits per heavy atom. The maximum atomic E-state index is 13.7. The molecule has 0 aliphatic carbocycles. The van der Waals surface area contributed by atoms with Crippen molar-refractivity contribution < 1.29 is 27.1 Å². The van der Waals surface area contributed by atoms with Crippen molar-refractivity contribution in [3.05, 3.63) is 69.7 Å². The Kier molecular flexibility index (Phi) is 4.20. The maximum Gasteiger partial charge on any atom is 0.416 e. The molecule has 0 saturated carbocycles. The number of benzene rings is 2. The van der Waals surface area contributed by atoms with Gasteiger partial charge >= 0.3 is 6.18 Å². The van der Waals surface area contributed by atoms with Gasteiger partial charge in [-0.1, -0.05) is 17.7 Å². The highest BCUT2D eigenvalue weighted by Crippen LogP contribution is 2.33. The van der Waals surface area contributed by atoms with Gasteiger partial charge in [0.25, 0.3) is 0 Å². The van der Waals surface area contributed by atoms with E-state index < -0.39 is 35.0 Å². The number of rotatable bonds is 2. The predicted octanol–water partition coefficient (Wildman–Crippen LogP) is 4.72. The van der Waals surface area contributed by atoms with Gasteiger partial charge in [0, 0.05) is 10.6 Å². The number of hydrogen-bond donors (Lipinski definition) is 1. The van der Waals surface area contributed by atoms with Crippen LogP contribution in [-0.4, -0.2) is 5.11 Å². The average molecular weight is 323 g/mol. The Balaban J connectivity index is 2.48. The number of aliphatic hydroxyl groups is 1. The Labute approximate surface area is 121 Å². The van der Waals surface area contributed by atoms with E-state index in [2.05, 4.69) is 0 Å². The first-order valence-corrected chi connectivity index (χ1v) is 6.07. The summed E-state index contributed by atoms with van der Waals surface area (Å²) in [6.07, 6.45) is -6.51. The molecule has 0 bridgehead atoms. The van der Waals surface area contributed by atoms with Crippen molar-refractivity contribution in [3.8, 4) is 0 Å². The highest BCUT2D eigenvalue weighted by Gasteiger charge is 2.32. The van der Waals surface area contributed by atoms with Crippen LogP contribution in [-0.2, 0) is 6.18 Å². The minimum atomic E-state index is -4.77. The van der Waals surface area contributed by atoms with E-state index in [4.69, 9.17) is 11.6 Å². The van der Waals surface area contributed by atoms with Gasteiger partial charge in [0.1, 0.15) is 17.7 Å². The van der Waals surface area contributed by atoms with Gasteiger partial charge in [-0.15, -0.1) is 0 Å². The summed E-state index contributed by atoms with van der Waals surface area (Å²) < 4.78 is 64.8. The predicted molar refractivity (Wildman–Crippen MR) is 66.9 cm³/mol. The van der Waals surface area contributed by atoms with E-state index in [1.54, 1.807) is 0 Å². The molecule has 0 spiro atoms. The first-order valence-electron chi connectivity index (χ1n) is 5.69. The summed E-state index contributed by atoms with van der Waals surface area (Å²) in [5.74, 6) is -2.07. The molecular formula is C14H8ClF5O. The van der Waals surface area contributed by atoms with E-state index in [0.29, 0.717) is 18.2 Å². The summed E-state index contributed by atoms with van der Waals surface area (Å²) in [4.78, 5) is 0. The van der Waals surface area contributed by atoms with Gasteiger partial charge in [0.05, 0.1) is 5.56 Å². The van der Waals surface area contributed by atoms with Crippen LogP contribution >= 0.6 is 11.6 Å². The third-order valence-corrected chi connectivity index (χ3v) is 3.06. The monoisotopic (exact) mass is 322 g/mol. The summed E-state index contributed by atoms with van der Waals surface area (Å²) in [5.41, 5.74) is -1.95. The summed E-state index contributed by atoms with van der Waals surface area (Å²) in [7, 11) is 0. The van der Waals surface area contributed by atoms with Gasteiger partial charge in [0.15, 0.2) is 0 Å². The molecule has 2 aromatic carbocycles. The van der Waals surface area contributed by atoms with Gasteiger partial charge in [-0.05, 0) is 35.9 Å². The van der Waals surface area contributed by atoms with Crippen LogP contribution < -0.4 is 0 Å². The minimum Gasteiger partial charge on any atom is -0.384 e. The van der Waals surface area contributed by atoms with Crippen molar-refractivity contribution in [2.75, 3.05) is 0 Å². The molecule has 0 aliphatic rings. The zero-order chi connectivity index (χ0) is 15.8. The Hall–Kier alpha value is -1.66. The van der Waals surface area contributed by atoms with E-state index >= 15 is 0 Å². The number of alkyl halides is 3. The van der Waals surface area contributed by atoms with Gasteiger partial charge in [-0.3, -0.25) is 0 Å². The zero-order valence-electron chi connectivity index (χ0n) is 10.3. The smallest absolute Gasteiger partial charge is 0.384 e. The van der Waals surface area contributed by atoms with Crippen molar-refractivity contribution in [3.63, 3.8) is 0 Å². The van der Waals surface area contributed by atoms with Crippen LogP contribution in [0, 0.1) is 11.6 Å². The van der Waals surface area contributed by atoms with Crippen molar-refractivity contribution in [2.24, 2.45) is 0 Å². The molecule has 0 fully saturated rings. The summed E-state index contributed by atoms with van der Waals surface area (Å²) in [6, 6.07) is 4.89.